The molecule has 0 atom stereocenters. The minimum Gasteiger partial charge on any atom is -0.496 e. The van der Waals surface area contributed by atoms with Gasteiger partial charge in [-0.25, -0.2) is 0 Å². The molecule has 0 aliphatic rings. The van der Waals surface area contributed by atoms with E-state index in [9.17, 15) is 4.79 Å². The van der Waals surface area contributed by atoms with Crippen LogP contribution >= 0.6 is 0 Å². The van der Waals surface area contributed by atoms with E-state index in [4.69, 9.17) is 13.9 Å². The lowest BCUT2D eigenvalue weighted by atomic mass is 10.0. The van der Waals surface area contributed by atoms with Gasteiger partial charge in [0.05, 0.1) is 30.2 Å². The average Bonchev–Trinajstić information content (AvgIpc) is 2.56. The molecule has 0 amide bonds. The van der Waals surface area contributed by atoms with Crippen LogP contribution in [0.3, 0.4) is 0 Å². The van der Waals surface area contributed by atoms with E-state index >= 15 is 0 Å². The molecule has 0 aliphatic heterocycles. The van der Waals surface area contributed by atoms with E-state index in [0.29, 0.717) is 28.9 Å². The first-order valence-corrected chi connectivity index (χ1v) is 6.92. The standard InChI is InChI=1S/C18H16O4/c1-20-10-15-16(21-2)9-8-13-17(19)14(11-22-18(13)15)12-6-4-3-5-7-12/h3-9,11H,10H2,1-2H3. The van der Waals surface area contributed by atoms with Gasteiger partial charge in [0, 0.05) is 7.11 Å². The smallest absolute Gasteiger partial charge is 0.200 e. The molecule has 1 heterocycles. The highest BCUT2D eigenvalue weighted by molar-refractivity contribution is 5.85. The summed E-state index contributed by atoms with van der Waals surface area (Å²) in [6.45, 7) is 0.314. The predicted molar refractivity (Wildman–Crippen MR) is 85.2 cm³/mol. The molecule has 0 unspecified atom stereocenters. The van der Waals surface area contributed by atoms with Crippen LogP contribution in [0.1, 0.15) is 5.56 Å². The summed E-state index contributed by atoms with van der Waals surface area (Å²) in [5.74, 6) is 0.643. The summed E-state index contributed by atoms with van der Waals surface area (Å²) >= 11 is 0. The van der Waals surface area contributed by atoms with Crippen LogP contribution < -0.4 is 10.2 Å². The topological polar surface area (TPSA) is 48.7 Å². The molecule has 0 N–H and O–H groups in total. The van der Waals surface area contributed by atoms with Crippen LogP contribution in [-0.4, -0.2) is 14.2 Å². The van der Waals surface area contributed by atoms with Gasteiger partial charge in [0.25, 0.3) is 0 Å². The Kier molecular flexibility index (Phi) is 3.94. The first-order valence-electron chi connectivity index (χ1n) is 6.92. The highest BCUT2D eigenvalue weighted by atomic mass is 16.5. The van der Waals surface area contributed by atoms with Gasteiger partial charge in [-0.1, -0.05) is 30.3 Å². The predicted octanol–water partition coefficient (Wildman–Crippen LogP) is 3.62. The third kappa shape index (κ3) is 2.38. The number of ether oxygens (including phenoxy) is 2. The van der Waals surface area contributed by atoms with Crippen LogP contribution in [0, 0.1) is 0 Å². The molecule has 4 nitrogen and oxygen atoms in total. The van der Waals surface area contributed by atoms with Crippen molar-refractivity contribution in [2.45, 2.75) is 6.61 Å². The highest BCUT2D eigenvalue weighted by Crippen LogP contribution is 2.29. The monoisotopic (exact) mass is 296 g/mol. The Morgan fingerprint density at radius 2 is 1.82 bits per heavy atom. The fraction of sp³-hybridized carbons (Fsp3) is 0.167. The second-order valence-corrected chi connectivity index (χ2v) is 4.90. The van der Waals surface area contributed by atoms with E-state index < -0.39 is 0 Å². The van der Waals surface area contributed by atoms with Gasteiger partial charge in [-0.15, -0.1) is 0 Å². The molecule has 0 saturated heterocycles. The van der Waals surface area contributed by atoms with Gasteiger partial charge in [0.15, 0.2) is 0 Å². The van der Waals surface area contributed by atoms with Crippen LogP contribution in [0.4, 0.5) is 0 Å². The van der Waals surface area contributed by atoms with Crippen molar-refractivity contribution in [2.75, 3.05) is 14.2 Å². The van der Waals surface area contributed by atoms with Crippen molar-refractivity contribution in [2.24, 2.45) is 0 Å². The summed E-state index contributed by atoms with van der Waals surface area (Å²) in [5, 5.41) is 0.522. The number of hydrogen-bond donors (Lipinski definition) is 0. The minimum absolute atomic E-state index is 0.0625. The molecule has 0 spiro atoms. The molecule has 22 heavy (non-hydrogen) atoms. The van der Waals surface area contributed by atoms with Gasteiger partial charge in [0.1, 0.15) is 17.6 Å². The van der Waals surface area contributed by atoms with Gasteiger partial charge in [0.2, 0.25) is 5.43 Å². The number of rotatable bonds is 4. The largest absolute Gasteiger partial charge is 0.496 e. The minimum atomic E-state index is -0.0625. The molecular formula is C18H16O4. The molecule has 3 rings (SSSR count). The summed E-state index contributed by atoms with van der Waals surface area (Å²) in [6.07, 6.45) is 1.50. The quantitative estimate of drug-likeness (QED) is 0.738. The Bertz CT molecular complexity index is 850. The number of methoxy groups -OCH3 is 2. The van der Waals surface area contributed by atoms with Crippen LogP contribution in [-0.2, 0) is 11.3 Å². The van der Waals surface area contributed by atoms with Gasteiger partial charge < -0.3 is 13.9 Å². The Morgan fingerprint density at radius 1 is 1.05 bits per heavy atom. The zero-order valence-electron chi connectivity index (χ0n) is 12.5. The molecule has 3 aromatic rings. The summed E-state index contributed by atoms with van der Waals surface area (Å²) in [5.41, 5.74) is 2.56. The van der Waals surface area contributed by atoms with Gasteiger partial charge in [-0.3, -0.25) is 4.79 Å². The maximum absolute atomic E-state index is 12.7. The third-order valence-corrected chi connectivity index (χ3v) is 3.59. The van der Waals surface area contributed by atoms with Crippen molar-refractivity contribution in [1.82, 2.24) is 0 Å². The van der Waals surface area contributed by atoms with Crippen molar-refractivity contribution >= 4 is 11.0 Å². The Labute approximate surface area is 127 Å². The second-order valence-electron chi connectivity index (χ2n) is 4.90. The molecule has 0 radical (unpaired) electrons. The van der Waals surface area contributed by atoms with Crippen LogP contribution in [0.2, 0.25) is 0 Å². The molecule has 0 fully saturated rings. The maximum atomic E-state index is 12.7. The van der Waals surface area contributed by atoms with E-state index in [-0.39, 0.29) is 5.43 Å². The van der Waals surface area contributed by atoms with Gasteiger partial charge >= 0.3 is 0 Å². The maximum Gasteiger partial charge on any atom is 0.200 e. The molecule has 1 aromatic heterocycles. The number of benzene rings is 2. The fourth-order valence-electron chi connectivity index (χ4n) is 2.53. The Balaban J connectivity index is 2.27. The average molecular weight is 296 g/mol. The SMILES string of the molecule is COCc1c(OC)ccc2c(=O)c(-c3ccccc3)coc12. The Morgan fingerprint density at radius 3 is 2.50 bits per heavy atom. The summed E-state index contributed by atoms with van der Waals surface area (Å²) in [6, 6.07) is 13.0. The zero-order valence-corrected chi connectivity index (χ0v) is 12.5. The molecule has 0 bridgehead atoms. The number of hydrogen-bond acceptors (Lipinski definition) is 4. The normalized spacial score (nSPS) is 10.8. The van der Waals surface area contributed by atoms with Crippen molar-refractivity contribution in [3.8, 4) is 16.9 Å². The van der Waals surface area contributed by atoms with E-state index in [1.165, 1.54) is 6.26 Å². The van der Waals surface area contributed by atoms with Crippen LogP contribution in [0.15, 0.2) is 57.9 Å². The molecule has 0 saturated carbocycles. The fourth-order valence-corrected chi connectivity index (χ4v) is 2.53. The molecule has 0 aliphatic carbocycles. The third-order valence-electron chi connectivity index (χ3n) is 3.59. The zero-order chi connectivity index (χ0) is 15.5. The van der Waals surface area contributed by atoms with Crippen molar-refractivity contribution < 1.29 is 13.9 Å². The highest BCUT2D eigenvalue weighted by Gasteiger charge is 2.15. The summed E-state index contributed by atoms with van der Waals surface area (Å²) in [4.78, 5) is 12.7. The number of fused-ring (bicyclic) bond motifs is 1. The van der Waals surface area contributed by atoms with Crippen molar-refractivity contribution in [3.63, 3.8) is 0 Å². The van der Waals surface area contributed by atoms with E-state index in [1.807, 2.05) is 30.3 Å². The van der Waals surface area contributed by atoms with E-state index in [1.54, 1.807) is 26.4 Å². The first kappa shape index (κ1) is 14.4. The van der Waals surface area contributed by atoms with E-state index in [2.05, 4.69) is 0 Å². The first-order chi connectivity index (χ1) is 10.8. The molecule has 112 valence electrons. The molecule has 4 heteroatoms. The van der Waals surface area contributed by atoms with Crippen LogP contribution in [0.5, 0.6) is 5.75 Å². The lowest BCUT2D eigenvalue weighted by molar-refractivity contribution is 0.182. The van der Waals surface area contributed by atoms with Gasteiger partial charge in [-0.2, -0.15) is 0 Å². The molecule has 2 aromatic carbocycles. The van der Waals surface area contributed by atoms with Gasteiger partial charge in [-0.05, 0) is 17.7 Å². The Hall–Kier alpha value is -2.59. The van der Waals surface area contributed by atoms with Crippen molar-refractivity contribution in [3.05, 3.63) is 64.5 Å². The summed E-state index contributed by atoms with van der Waals surface area (Å²) in [7, 11) is 3.17. The lowest BCUT2D eigenvalue weighted by Crippen LogP contribution is -2.07. The second kappa shape index (κ2) is 6.03. The van der Waals surface area contributed by atoms with E-state index in [0.717, 1.165) is 11.1 Å². The molecular weight excluding hydrogens is 280 g/mol. The summed E-state index contributed by atoms with van der Waals surface area (Å²) < 4.78 is 16.3. The van der Waals surface area contributed by atoms with Crippen molar-refractivity contribution in [1.29, 1.82) is 0 Å². The van der Waals surface area contributed by atoms with Crippen LogP contribution in [0.25, 0.3) is 22.1 Å². The lowest BCUT2D eigenvalue weighted by Gasteiger charge is -2.11.